The monoisotopic (exact) mass is 292 g/mol. The first-order chi connectivity index (χ1) is 10.8. The van der Waals surface area contributed by atoms with Gasteiger partial charge in [-0.1, -0.05) is 80.4 Å². The Bertz CT molecular complexity index is 759. The number of aryl methyl sites for hydroxylation is 1. The van der Waals surface area contributed by atoms with Gasteiger partial charge in [0.05, 0.1) is 0 Å². The lowest BCUT2D eigenvalue weighted by molar-refractivity contribution is 0.643. The van der Waals surface area contributed by atoms with Gasteiger partial charge in [-0.3, -0.25) is 0 Å². The molecule has 0 spiro atoms. The number of rotatable bonds is 5. The minimum Gasteiger partial charge on any atom is -0.206 e. The molecular weight excluding hydrogens is 271 g/mol. The molecule has 0 aliphatic rings. The van der Waals surface area contributed by atoms with Gasteiger partial charge in [-0.05, 0) is 29.4 Å². The minimum absolute atomic E-state index is 0.121. The Hall–Kier alpha value is -2.15. The van der Waals surface area contributed by atoms with Crippen LogP contribution in [0.25, 0.3) is 21.9 Å². The van der Waals surface area contributed by atoms with Gasteiger partial charge in [-0.15, -0.1) is 0 Å². The molecule has 3 aromatic carbocycles. The summed E-state index contributed by atoms with van der Waals surface area (Å²) in [6.07, 6.45) is 4.75. The quantitative estimate of drug-likeness (QED) is 0.479. The molecule has 0 saturated carbocycles. The molecule has 0 bridgehead atoms. The third-order valence-electron chi connectivity index (χ3n) is 4.17. The molecule has 0 unspecified atom stereocenters. The van der Waals surface area contributed by atoms with E-state index in [0.717, 1.165) is 17.4 Å². The fourth-order valence-corrected chi connectivity index (χ4v) is 2.92. The van der Waals surface area contributed by atoms with Gasteiger partial charge in [0.15, 0.2) is 0 Å². The molecular formula is C21H21F. The molecule has 0 atom stereocenters. The maximum absolute atomic E-state index is 14.8. The zero-order valence-corrected chi connectivity index (χ0v) is 13.0. The minimum atomic E-state index is -0.121. The Morgan fingerprint density at radius 1 is 0.864 bits per heavy atom. The normalized spacial score (nSPS) is 11.0. The first-order valence-electron chi connectivity index (χ1n) is 8.06. The molecule has 22 heavy (non-hydrogen) atoms. The third-order valence-corrected chi connectivity index (χ3v) is 4.17. The molecule has 0 radical (unpaired) electrons. The lowest BCUT2D eigenvalue weighted by atomic mass is 9.97. The highest BCUT2D eigenvalue weighted by atomic mass is 19.1. The number of benzene rings is 3. The largest absolute Gasteiger partial charge is 0.206 e. The highest BCUT2D eigenvalue weighted by Crippen LogP contribution is 2.29. The van der Waals surface area contributed by atoms with E-state index in [1.165, 1.54) is 24.8 Å². The summed E-state index contributed by atoms with van der Waals surface area (Å²) >= 11 is 0. The predicted molar refractivity (Wildman–Crippen MR) is 92.6 cm³/mol. The van der Waals surface area contributed by atoms with E-state index in [4.69, 9.17) is 0 Å². The molecule has 3 aromatic rings. The zero-order chi connectivity index (χ0) is 15.4. The first-order valence-corrected chi connectivity index (χ1v) is 8.06. The summed E-state index contributed by atoms with van der Waals surface area (Å²) in [6.45, 7) is 2.21. The molecule has 0 saturated heterocycles. The van der Waals surface area contributed by atoms with Crippen molar-refractivity contribution in [3.8, 4) is 11.1 Å². The maximum atomic E-state index is 14.8. The maximum Gasteiger partial charge on any atom is 0.138 e. The van der Waals surface area contributed by atoms with E-state index in [-0.39, 0.29) is 5.82 Å². The second kappa shape index (κ2) is 6.74. The van der Waals surface area contributed by atoms with Gasteiger partial charge in [-0.2, -0.15) is 0 Å². The van der Waals surface area contributed by atoms with Gasteiger partial charge in [0, 0.05) is 10.9 Å². The SMILES string of the molecule is CCCCCc1ccc2c(F)c(-c3ccccc3)ccc2c1. The van der Waals surface area contributed by atoms with Crippen LogP contribution in [-0.2, 0) is 6.42 Å². The fourth-order valence-electron chi connectivity index (χ4n) is 2.92. The molecule has 112 valence electrons. The smallest absolute Gasteiger partial charge is 0.138 e. The van der Waals surface area contributed by atoms with Crippen molar-refractivity contribution in [2.24, 2.45) is 0 Å². The molecule has 0 aliphatic carbocycles. The Kier molecular flexibility index (Phi) is 4.53. The molecule has 0 nitrogen and oxygen atoms in total. The summed E-state index contributed by atoms with van der Waals surface area (Å²) in [7, 11) is 0. The van der Waals surface area contributed by atoms with Crippen molar-refractivity contribution < 1.29 is 4.39 Å². The third kappa shape index (κ3) is 3.04. The van der Waals surface area contributed by atoms with Gasteiger partial charge in [0.25, 0.3) is 0 Å². The summed E-state index contributed by atoms with van der Waals surface area (Å²) in [5.41, 5.74) is 2.90. The molecule has 0 aliphatic heterocycles. The number of fused-ring (bicyclic) bond motifs is 1. The highest BCUT2D eigenvalue weighted by Gasteiger charge is 2.09. The van der Waals surface area contributed by atoms with E-state index in [0.29, 0.717) is 10.9 Å². The summed E-state index contributed by atoms with van der Waals surface area (Å²) < 4.78 is 14.8. The topological polar surface area (TPSA) is 0 Å². The molecule has 0 amide bonds. The molecule has 1 heteroatoms. The average molecular weight is 292 g/mol. The Balaban J connectivity index is 1.96. The van der Waals surface area contributed by atoms with Crippen molar-refractivity contribution in [3.05, 3.63) is 72.0 Å². The summed E-state index contributed by atoms with van der Waals surface area (Å²) in [4.78, 5) is 0. The van der Waals surface area contributed by atoms with E-state index < -0.39 is 0 Å². The summed E-state index contributed by atoms with van der Waals surface area (Å²) in [5.74, 6) is -0.121. The molecule has 0 aromatic heterocycles. The van der Waals surface area contributed by atoms with Crippen LogP contribution in [0.2, 0.25) is 0 Å². The second-order valence-electron chi connectivity index (χ2n) is 5.81. The van der Waals surface area contributed by atoms with Crippen LogP contribution in [0.5, 0.6) is 0 Å². The van der Waals surface area contributed by atoms with Crippen LogP contribution >= 0.6 is 0 Å². The van der Waals surface area contributed by atoms with Crippen molar-refractivity contribution in [1.82, 2.24) is 0 Å². The zero-order valence-electron chi connectivity index (χ0n) is 13.0. The number of hydrogen-bond donors (Lipinski definition) is 0. The average Bonchev–Trinajstić information content (AvgIpc) is 2.56. The Labute approximate surface area is 131 Å². The van der Waals surface area contributed by atoms with E-state index in [1.807, 2.05) is 48.5 Å². The lowest BCUT2D eigenvalue weighted by Gasteiger charge is -2.09. The van der Waals surface area contributed by atoms with Gasteiger partial charge < -0.3 is 0 Å². The van der Waals surface area contributed by atoms with Gasteiger partial charge >= 0.3 is 0 Å². The predicted octanol–water partition coefficient (Wildman–Crippen LogP) is 6.38. The summed E-state index contributed by atoms with van der Waals surface area (Å²) in [5, 5.41) is 1.70. The standard InChI is InChI=1S/C21H21F/c1-2-3-5-8-16-11-13-20-18(15-16)12-14-19(21(20)22)17-9-6-4-7-10-17/h4,6-7,9-15H,2-3,5,8H2,1H3. The number of hydrogen-bond acceptors (Lipinski definition) is 0. The highest BCUT2D eigenvalue weighted by molar-refractivity contribution is 5.88. The van der Waals surface area contributed by atoms with E-state index >= 15 is 0 Å². The second-order valence-corrected chi connectivity index (χ2v) is 5.81. The molecule has 3 rings (SSSR count). The first kappa shape index (κ1) is 14.8. The molecule has 0 N–H and O–H groups in total. The van der Waals surface area contributed by atoms with Gasteiger partial charge in [-0.25, -0.2) is 4.39 Å². The van der Waals surface area contributed by atoms with E-state index in [9.17, 15) is 4.39 Å². The van der Waals surface area contributed by atoms with Crippen LogP contribution in [0.3, 0.4) is 0 Å². The van der Waals surface area contributed by atoms with Crippen LogP contribution in [0.4, 0.5) is 4.39 Å². The van der Waals surface area contributed by atoms with Crippen LogP contribution in [0.1, 0.15) is 31.7 Å². The Morgan fingerprint density at radius 3 is 2.45 bits per heavy atom. The van der Waals surface area contributed by atoms with Crippen LogP contribution in [0, 0.1) is 5.82 Å². The number of halogens is 1. The van der Waals surface area contributed by atoms with Crippen LogP contribution in [-0.4, -0.2) is 0 Å². The lowest BCUT2D eigenvalue weighted by Crippen LogP contribution is -1.90. The van der Waals surface area contributed by atoms with Crippen LogP contribution < -0.4 is 0 Å². The number of unbranched alkanes of at least 4 members (excludes halogenated alkanes) is 2. The van der Waals surface area contributed by atoms with Crippen molar-refractivity contribution in [2.75, 3.05) is 0 Å². The van der Waals surface area contributed by atoms with Crippen LogP contribution in [0.15, 0.2) is 60.7 Å². The van der Waals surface area contributed by atoms with Crippen molar-refractivity contribution in [3.63, 3.8) is 0 Å². The van der Waals surface area contributed by atoms with Crippen molar-refractivity contribution in [1.29, 1.82) is 0 Å². The summed E-state index contributed by atoms with van der Waals surface area (Å²) in [6, 6.07) is 19.8. The molecule has 0 fully saturated rings. The van der Waals surface area contributed by atoms with Gasteiger partial charge in [0.1, 0.15) is 5.82 Å². The van der Waals surface area contributed by atoms with Gasteiger partial charge in [0.2, 0.25) is 0 Å². The fraction of sp³-hybridized carbons (Fsp3) is 0.238. The Morgan fingerprint density at radius 2 is 1.68 bits per heavy atom. The van der Waals surface area contributed by atoms with Crippen molar-refractivity contribution in [2.45, 2.75) is 32.6 Å². The van der Waals surface area contributed by atoms with E-state index in [2.05, 4.69) is 19.1 Å². The van der Waals surface area contributed by atoms with Crippen molar-refractivity contribution >= 4 is 10.8 Å². The molecule has 0 heterocycles. The van der Waals surface area contributed by atoms with E-state index in [1.54, 1.807) is 0 Å².